The van der Waals surface area contributed by atoms with Crippen LogP contribution >= 0.6 is 0 Å². The van der Waals surface area contributed by atoms with Crippen molar-refractivity contribution >= 4 is 5.78 Å². The fourth-order valence-corrected chi connectivity index (χ4v) is 2.24. The molecule has 80 valence electrons. The SMILES string of the molecule is COc1ccccc1C[C@@H]1CCCC1=O. The van der Waals surface area contributed by atoms with Crippen molar-refractivity contribution in [3.63, 3.8) is 0 Å². The molecule has 1 saturated carbocycles. The summed E-state index contributed by atoms with van der Waals surface area (Å²) in [7, 11) is 1.68. The first-order chi connectivity index (χ1) is 7.31. The summed E-state index contributed by atoms with van der Waals surface area (Å²) in [6.45, 7) is 0. The minimum absolute atomic E-state index is 0.223. The highest BCUT2D eigenvalue weighted by molar-refractivity contribution is 5.83. The Bertz CT molecular complexity index is 357. The van der Waals surface area contributed by atoms with Crippen molar-refractivity contribution in [1.82, 2.24) is 0 Å². The molecular formula is C13H16O2. The molecule has 1 aromatic carbocycles. The molecule has 0 unspecified atom stereocenters. The van der Waals surface area contributed by atoms with Crippen LogP contribution in [-0.2, 0) is 11.2 Å². The highest BCUT2D eigenvalue weighted by Gasteiger charge is 2.25. The number of hydrogen-bond donors (Lipinski definition) is 0. The number of ketones is 1. The lowest BCUT2D eigenvalue weighted by atomic mass is 9.97. The Morgan fingerprint density at radius 3 is 2.87 bits per heavy atom. The van der Waals surface area contributed by atoms with Crippen LogP contribution in [0.15, 0.2) is 24.3 Å². The molecule has 2 nitrogen and oxygen atoms in total. The Hall–Kier alpha value is -1.31. The van der Waals surface area contributed by atoms with Gasteiger partial charge in [-0.25, -0.2) is 0 Å². The second kappa shape index (κ2) is 4.47. The van der Waals surface area contributed by atoms with E-state index < -0.39 is 0 Å². The molecule has 0 saturated heterocycles. The topological polar surface area (TPSA) is 26.3 Å². The molecular weight excluding hydrogens is 188 g/mol. The third kappa shape index (κ3) is 2.20. The molecule has 0 heterocycles. The summed E-state index contributed by atoms with van der Waals surface area (Å²) in [6, 6.07) is 7.95. The molecule has 1 aliphatic carbocycles. The summed E-state index contributed by atoms with van der Waals surface area (Å²) in [5.74, 6) is 1.54. The number of ether oxygens (including phenoxy) is 1. The molecule has 0 aliphatic heterocycles. The van der Waals surface area contributed by atoms with E-state index in [-0.39, 0.29) is 5.92 Å². The first kappa shape index (κ1) is 10.2. The quantitative estimate of drug-likeness (QED) is 0.756. The van der Waals surface area contributed by atoms with Gasteiger partial charge >= 0.3 is 0 Å². The van der Waals surface area contributed by atoms with Gasteiger partial charge in [-0.3, -0.25) is 4.79 Å². The van der Waals surface area contributed by atoms with Gasteiger partial charge in [-0.15, -0.1) is 0 Å². The van der Waals surface area contributed by atoms with Crippen LogP contribution in [0.2, 0.25) is 0 Å². The van der Waals surface area contributed by atoms with Crippen LogP contribution in [-0.4, -0.2) is 12.9 Å². The van der Waals surface area contributed by atoms with Crippen LogP contribution in [0.3, 0.4) is 0 Å². The van der Waals surface area contributed by atoms with Crippen molar-refractivity contribution in [2.75, 3.05) is 7.11 Å². The lowest BCUT2D eigenvalue weighted by Gasteiger charge is -2.11. The lowest BCUT2D eigenvalue weighted by Crippen LogP contribution is -2.10. The van der Waals surface area contributed by atoms with Gasteiger partial charge in [0.1, 0.15) is 11.5 Å². The van der Waals surface area contributed by atoms with Crippen molar-refractivity contribution < 1.29 is 9.53 Å². The molecule has 2 rings (SSSR count). The third-order valence-corrected chi connectivity index (χ3v) is 3.09. The van der Waals surface area contributed by atoms with E-state index in [1.165, 1.54) is 0 Å². The van der Waals surface area contributed by atoms with Crippen LogP contribution in [0.1, 0.15) is 24.8 Å². The predicted molar refractivity (Wildman–Crippen MR) is 59.0 cm³/mol. The predicted octanol–water partition coefficient (Wildman–Crippen LogP) is 2.61. The molecule has 0 spiro atoms. The molecule has 0 amide bonds. The van der Waals surface area contributed by atoms with Gasteiger partial charge in [0.2, 0.25) is 0 Å². The van der Waals surface area contributed by atoms with Gasteiger partial charge in [0, 0.05) is 12.3 Å². The first-order valence-electron chi connectivity index (χ1n) is 5.46. The van der Waals surface area contributed by atoms with Gasteiger partial charge in [0.05, 0.1) is 7.11 Å². The fourth-order valence-electron chi connectivity index (χ4n) is 2.24. The highest BCUT2D eigenvalue weighted by Crippen LogP contribution is 2.28. The molecule has 2 heteroatoms. The summed E-state index contributed by atoms with van der Waals surface area (Å²) in [4.78, 5) is 11.5. The Morgan fingerprint density at radius 2 is 2.20 bits per heavy atom. The van der Waals surface area contributed by atoms with E-state index in [9.17, 15) is 4.79 Å². The summed E-state index contributed by atoms with van der Waals surface area (Å²) >= 11 is 0. The molecule has 0 radical (unpaired) electrons. The summed E-state index contributed by atoms with van der Waals surface area (Å²) in [5, 5.41) is 0. The zero-order valence-corrected chi connectivity index (χ0v) is 9.03. The van der Waals surface area contributed by atoms with E-state index in [0.29, 0.717) is 5.78 Å². The Balaban J connectivity index is 2.12. The second-order valence-electron chi connectivity index (χ2n) is 4.07. The normalized spacial score (nSPS) is 20.6. The summed E-state index contributed by atoms with van der Waals surface area (Å²) in [5.41, 5.74) is 1.15. The smallest absolute Gasteiger partial charge is 0.136 e. The van der Waals surface area contributed by atoms with E-state index in [2.05, 4.69) is 0 Å². The fraction of sp³-hybridized carbons (Fsp3) is 0.462. The van der Waals surface area contributed by atoms with Crippen molar-refractivity contribution in [3.05, 3.63) is 29.8 Å². The minimum atomic E-state index is 0.223. The minimum Gasteiger partial charge on any atom is -0.496 e. The average molecular weight is 204 g/mol. The van der Waals surface area contributed by atoms with Crippen molar-refractivity contribution in [2.24, 2.45) is 5.92 Å². The number of carbonyl (C=O) groups excluding carboxylic acids is 1. The van der Waals surface area contributed by atoms with Crippen LogP contribution in [0.5, 0.6) is 5.75 Å². The van der Waals surface area contributed by atoms with Gasteiger partial charge in [-0.2, -0.15) is 0 Å². The summed E-state index contributed by atoms with van der Waals surface area (Å²) in [6.07, 6.45) is 3.69. The van der Waals surface area contributed by atoms with Crippen molar-refractivity contribution in [3.8, 4) is 5.75 Å². The number of hydrogen-bond acceptors (Lipinski definition) is 2. The van der Waals surface area contributed by atoms with Crippen LogP contribution in [0.4, 0.5) is 0 Å². The maximum atomic E-state index is 11.5. The van der Waals surface area contributed by atoms with Gasteiger partial charge in [-0.05, 0) is 30.9 Å². The van der Waals surface area contributed by atoms with Gasteiger partial charge in [0.25, 0.3) is 0 Å². The molecule has 1 fully saturated rings. The van der Waals surface area contributed by atoms with Gasteiger partial charge < -0.3 is 4.74 Å². The standard InChI is InChI=1S/C13H16O2/c1-15-13-8-3-2-5-11(13)9-10-6-4-7-12(10)14/h2-3,5,8,10H,4,6-7,9H2,1H3/t10-/m0/s1. The molecule has 0 bridgehead atoms. The van der Waals surface area contributed by atoms with Gasteiger partial charge in [0.15, 0.2) is 0 Å². The summed E-state index contributed by atoms with van der Waals surface area (Å²) < 4.78 is 5.28. The number of rotatable bonds is 3. The number of para-hydroxylation sites is 1. The number of methoxy groups -OCH3 is 1. The molecule has 0 aromatic heterocycles. The zero-order valence-electron chi connectivity index (χ0n) is 9.03. The number of carbonyl (C=O) groups is 1. The Kier molecular flexibility index (Phi) is 3.05. The van der Waals surface area contributed by atoms with E-state index in [4.69, 9.17) is 4.74 Å². The second-order valence-corrected chi connectivity index (χ2v) is 4.07. The number of benzene rings is 1. The molecule has 15 heavy (non-hydrogen) atoms. The monoisotopic (exact) mass is 204 g/mol. The van der Waals surface area contributed by atoms with E-state index in [1.807, 2.05) is 24.3 Å². The van der Waals surface area contributed by atoms with Crippen molar-refractivity contribution in [2.45, 2.75) is 25.7 Å². The molecule has 1 aromatic rings. The lowest BCUT2D eigenvalue weighted by molar-refractivity contribution is -0.120. The van der Waals surface area contributed by atoms with E-state index in [0.717, 1.165) is 37.0 Å². The third-order valence-electron chi connectivity index (χ3n) is 3.09. The zero-order chi connectivity index (χ0) is 10.7. The van der Waals surface area contributed by atoms with Gasteiger partial charge in [-0.1, -0.05) is 18.2 Å². The molecule has 0 N–H and O–H groups in total. The van der Waals surface area contributed by atoms with Crippen molar-refractivity contribution in [1.29, 1.82) is 0 Å². The maximum Gasteiger partial charge on any atom is 0.136 e. The van der Waals surface area contributed by atoms with Crippen LogP contribution in [0.25, 0.3) is 0 Å². The molecule has 1 aliphatic rings. The first-order valence-corrected chi connectivity index (χ1v) is 5.46. The van der Waals surface area contributed by atoms with E-state index in [1.54, 1.807) is 7.11 Å². The highest BCUT2D eigenvalue weighted by atomic mass is 16.5. The maximum absolute atomic E-state index is 11.5. The van der Waals surface area contributed by atoms with E-state index >= 15 is 0 Å². The van der Waals surface area contributed by atoms with Crippen LogP contribution in [0, 0.1) is 5.92 Å². The Labute approximate surface area is 90.3 Å². The average Bonchev–Trinajstić information content (AvgIpc) is 2.65. The number of Topliss-reactive ketones (excluding diaryl/α,β-unsaturated/α-hetero) is 1. The molecule has 1 atom stereocenters. The Morgan fingerprint density at radius 1 is 1.40 bits per heavy atom. The largest absolute Gasteiger partial charge is 0.496 e. The van der Waals surface area contributed by atoms with Crippen LogP contribution < -0.4 is 4.74 Å².